The van der Waals surface area contributed by atoms with Crippen molar-refractivity contribution in [3.63, 3.8) is 0 Å². The zero-order chi connectivity index (χ0) is 14.0. The van der Waals surface area contributed by atoms with Gasteiger partial charge in [0.25, 0.3) is 0 Å². The van der Waals surface area contributed by atoms with E-state index in [-0.39, 0.29) is 4.90 Å². The van der Waals surface area contributed by atoms with Gasteiger partial charge < -0.3 is 0 Å². The summed E-state index contributed by atoms with van der Waals surface area (Å²) < 4.78 is 26.8. The van der Waals surface area contributed by atoms with Gasteiger partial charge in [-0.2, -0.15) is 0 Å². The Morgan fingerprint density at radius 1 is 1.33 bits per heavy atom. The molecule has 0 spiro atoms. The fourth-order valence-electron chi connectivity index (χ4n) is 1.34. The van der Waals surface area contributed by atoms with Crippen LogP contribution in [-0.2, 0) is 10.0 Å². The van der Waals surface area contributed by atoms with Crippen molar-refractivity contribution in [1.29, 1.82) is 0 Å². The molecule has 0 atom stereocenters. The van der Waals surface area contributed by atoms with Crippen LogP contribution in [0.1, 0.15) is 27.7 Å². The van der Waals surface area contributed by atoms with Crippen LogP contribution >= 0.6 is 0 Å². The van der Waals surface area contributed by atoms with Crippen LogP contribution in [0.3, 0.4) is 0 Å². The van der Waals surface area contributed by atoms with E-state index in [0.717, 1.165) is 3.71 Å². The van der Waals surface area contributed by atoms with E-state index in [4.69, 9.17) is 0 Å². The summed E-state index contributed by atoms with van der Waals surface area (Å²) in [6, 6.07) is 3.55. The van der Waals surface area contributed by atoms with Crippen molar-refractivity contribution in [3.8, 4) is 0 Å². The van der Waals surface area contributed by atoms with Crippen LogP contribution in [0.5, 0.6) is 0 Å². The SMILES string of the molecule is CCN(C)S(=O)(=O)c1cc[c]([Sn][C](C)(C)C)nc1. The van der Waals surface area contributed by atoms with Gasteiger partial charge in [-0.05, 0) is 0 Å². The van der Waals surface area contributed by atoms with Crippen LogP contribution in [0.25, 0.3) is 0 Å². The van der Waals surface area contributed by atoms with Crippen molar-refractivity contribution >= 4 is 34.9 Å². The Balaban J connectivity index is 2.97. The Bertz CT molecular complexity index is 492. The van der Waals surface area contributed by atoms with Gasteiger partial charge in [0.05, 0.1) is 0 Å². The summed E-state index contributed by atoms with van der Waals surface area (Å²) in [5, 5.41) is 0. The summed E-state index contributed by atoms with van der Waals surface area (Å²) in [7, 11) is -1.78. The van der Waals surface area contributed by atoms with Crippen molar-refractivity contribution in [3.05, 3.63) is 18.3 Å². The first-order valence-corrected chi connectivity index (χ1v) is 10.2. The first kappa shape index (κ1) is 15.9. The fourth-order valence-corrected chi connectivity index (χ4v) is 5.50. The molecule has 0 aliphatic rings. The third kappa shape index (κ3) is 4.20. The maximum absolute atomic E-state index is 12.1. The molecule has 0 aliphatic heterocycles. The van der Waals surface area contributed by atoms with Gasteiger partial charge >= 0.3 is 121 Å². The molecule has 1 aromatic rings. The second-order valence-electron chi connectivity index (χ2n) is 5.17. The van der Waals surface area contributed by atoms with E-state index < -0.39 is 31.2 Å². The van der Waals surface area contributed by atoms with E-state index in [1.807, 2.05) is 13.0 Å². The molecule has 0 fully saturated rings. The number of hydrogen-bond acceptors (Lipinski definition) is 3. The number of nitrogens with zero attached hydrogens (tertiary/aromatic N) is 2. The average molecular weight is 375 g/mol. The molecule has 6 heteroatoms. The van der Waals surface area contributed by atoms with E-state index in [1.165, 1.54) is 10.5 Å². The molecule has 0 amide bonds. The van der Waals surface area contributed by atoms with Crippen LogP contribution in [0, 0.1) is 0 Å². The Morgan fingerprint density at radius 2 is 1.94 bits per heavy atom. The van der Waals surface area contributed by atoms with Gasteiger partial charge in [0.1, 0.15) is 0 Å². The van der Waals surface area contributed by atoms with Gasteiger partial charge in [-0.1, -0.05) is 0 Å². The molecule has 1 heterocycles. The molecule has 0 bridgehead atoms. The number of aromatic nitrogens is 1. The van der Waals surface area contributed by atoms with Gasteiger partial charge in [0.2, 0.25) is 0 Å². The van der Waals surface area contributed by atoms with Crippen LogP contribution < -0.4 is 3.71 Å². The van der Waals surface area contributed by atoms with Crippen molar-refractivity contribution in [2.75, 3.05) is 13.6 Å². The zero-order valence-electron chi connectivity index (χ0n) is 11.6. The van der Waals surface area contributed by atoms with Crippen LogP contribution in [-0.4, -0.2) is 52.4 Å². The molecule has 100 valence electrons. The van der Waals surface area contributed by atoms with Crippen LogP contribution in [0.4, 0.5) is 0 Å². The fraction of sp³-hybridized carbons (Fsp3) is 0.583. The summed E-state index contributed by atoms with van der Waals surface area (Å²) in [6.07, 6.45) is 1.49. The molecule has 0 aromatic carbocycles. The quantitative estimate of drug-likeness (QED) is 0.745. The molecule has 0 aliphatic carbocycles. The monoisotopic (exact) mass is 376 g/mol. The second-order valence-corrected chi connectivity index (χ2v) is 13.7. The summed E-state index contributed by atoms with van der Waals surface area (Å²) >= 11 is -0.770. The topological polar surface area (TPSA) is 50.3 Å². The molecule has 2 radical (unpaired) electrons. The molecule has 0 saturated heterocycles. The predicted molar refractivity (Wildman–Crippen MR) is 74.8 cm³/mol. The van der Waals surface area contributed by atoms with E-state index in [0.29, 0.717) is 9.98 Å². The molecule has 0 saturated carbocycles. The summed E-state index contributed by atoms with van der Waals surface area (Å²) in [6.45, 7) is 8.89. The van der Waals surface area contributed by atoms with Gasteiger partial charge in [-0.15, -0.1) is 0 Å². The zero-order valence-corrected chi connectivity index (χ0v) is 15.2. The summed E-state index contributed by atoms with van der Waals surface area (Å²) in [5.74, 6) is 0. The van der Waals surface area contributed by atoms with E-state index >= 15 is 0 Å². The number of pyridine rings is 1. The summed E-state index contributed by atoms with van der Waals surface area (Å²) in [4.78, 5) is 4.60. The van der Waals surface area contributed by atoms with Crippen LogP contribution in [0.2, 0.25) is 3.43 Å². The summed E-state index contributed by atoms with van der Waals surface area (Å²) in [5.41, 5.74) is 0. The first-order chi connectivity index (χ1) is 8.16. The van der Waals surface area contributed by atoms with Gasteiger partial charge in [-0.3, -0.25) is 0 Å². The predicted octanol–water partition coefficient (Wildman–Crippen LogP) is 1.27. The molecule has 0 unspecified atom stereocenters. The molecule has 1 rings (SSSR count). The Hall–Kier alpha value is -0.141. The Kier molecular flexibility index (Phi) is 5.20. The number of hydrogen-bond donors (Lipinski definition) is 0. The molecule has 1 aromatic heterocycles. The van der Waals surface area contributed by atoms with E-state index in [1.54, 1.807) is 13.1 Å². The molecular formula is C12H20N2O2SSn. The number of sulfonamides is 1. The van der Waals surface area contributed by atoms with Crippen molar-refractivity contribution < 1.29 is 8.42 Å². The van der Waals surface area contributed by atoms with E-state index in [9.17, 15) is 8.42 Å². The molecule has 18 heavy (non-hydrogen) atoms. The standard InChI is InChI=1S/C8H11N2O2S.C4H9.Sn/c1-3-10(2)13(11,12)8-5-4-6-9-7-8;1-4(2)3;/h4-5,7H,3H2,1-2H3;1-3H3;. The minimum atomic E-state index is -3.36. The number of rotatable bonds is 4. The third-order valence-corrected chi connectivity index (χ3v) is 8.02. The van der Waals surface area contributed by atoms with Crippen molar-refractivity contribution in [2.45, 2.75) is 36.0 Å². The van der Waals surface area contributed by atoms with Crippen molar-refractivity contribution in [2.24, 2.45) is 0 Å². The molecule has 4 nitrogen and oxygen atoms in total. The molecular weight excluding hydrogens is 355 g/mol. The van der Waals surface area contributed by atoms with Gasteiger partial charge in [0.15, 0.2) is 0 Å². The Morgan fingerprint density at radius 3 is 2.33 bits per heavy atom. The average Bonchev–Trinajstić information content (AvgIpc) is 2.26. The normalized spacial score (nSPS) is 13.0. The van der Waals surface area contributed by atoms with Gasteiger partial charge in [-0.25, -0.2) is 0 Å². The third-order valence-electron chi connectivity index (χ3n) is 2.39. The molecule has 0 N–H and O–H groups in total. The Labute approximate surface area is 120 Å². The van der Waals surface area contributed by atoms with Crippen molar-refractivity contribution in [1.82, 2.24) is 9.29 Å². The van der Waals surface area contributed by atoms with Gasteiger partial charge in [0, 0.05) is 0 Å². The second kappa shape index (κ2) is 5.88. The maximum atomic E-state index is 12.1. The van der Waals surface area contributed by atoms with Crippen LogP contribution in [0.15, 0.2) is 23.2 Å². The van der Waals surface area contributed by atoms with E-state index in [2.05, 4.69) is 25.8 Å². The minimum absolute atomic E-state index is 0.281. The first-order valence-electron chi connectivity index (χ1n) is 5.87.